The van der Waals surface area contributed by atoms with Gasteiger partial charge in [-0.15, -0.1) is 0 Å². The van der Waals surface area contributed by atoms with Crippen molar-refractivity contribution in [3.8, 4) is 5.75 Å². The molecule has 2 aromatic carbocycles. The number of hydrogen-bond donors (Lipinski definition) is 0. The summed E-state index contributed by atoms with van der Waals surface area (Å²) in [6, 6.07) is 13.3. The Bertz CT molecular complexity index is 778. The lowest BCUT2D eigenvalue weighted by Crippen LogP contribution is -2.31. The quantitative estimate of drug-likeness (QED) is 0.665. The lowest BCUT2D eigenvalue weighted by atomic mass is 10.2. The highest BCUT2D eigenvalue weighted by atomic mass is 19.1. The first-order valence-corrected chi connectivity index (χ1v) is 8.39. The summed E-state index contributed by atoms with van der Waals surface area (Å²) < 4.78 is 23.1. The SMILES string of the molecule is CN(Cc1ccc(N(C)C)cc1)C(=O)COC(=O)COc1cccc(F)c1. The van der Waals surface area contributed by atoms with Gasteiger partial charge in [0.05, 0.1) is 0 Å². The van der Waals surface area contributed by atoms with Crippen LogP contribution in [-0.2, 0) is 20.9 Å². The average molecular weight is 374 g/mol. The maximum atomic E-state index is 13.0. The summed E-state index contributed by atoms with van der Waals surface area (Å²) in [6.07, 6.45) is 0. The molecule has 0 fully saturated rings. The van der Waals surface area contributed by atoms with Crippen LogP contribution < -0.4 is 9.64 Å². The van der Waals surface area contributed by atoms with Crippen molar-refractivity contribution in [2.24, 2.45) is 0 Å². The summed E-state index contributed by atoms with van der Waals surface area (Å²) in [5, 5.41) is 0. The normalized spacial score (nSPS) is 10.2. The second-order valence-electron chi connectivity index (χ2n) is 6.22. The van der Waals surface area contributed by atoms with Crippen LogP contribution in [0.15, 0.2) is 48.5 Å². The predicted octanol–water partition coefficient (Wildman–Crippen LogP) is 2.47. The molecule has 0 aliphatic heterocycles. The summed E-state index contributed by atoms with van der Waals surface area (Å²) in [4.78, 5) is 27.2. The Labute approximate surface area is 158 Å². The Morgan fingerprint density at radius 3 is 2.33 bits per heavy atom. The van der Waals surface area contributed by atoms with Crippen molar-refractivity contribution in [1.82, 2.24) is 4.90 Å². The molecule has 0 aliphatic carbocycles. The molecule has 0 saturated carbocycles. The molecule has 0 atom stereocenters. The van der Waals surface area contributed by atoms with Gasteiger partial charge in [-0.25, -0.2) is 9.18 Å². The topological polar surface area (TPSA) is 59.1 Å². The lowest BCUT2D eigenvalue weighted by Gasteiger charge is -2.18. The van der Waals surface area contributed by atoms with E-state index in [1.54, 1.807) is 7.05 Å². The molecule has 27 heavy (non-hydrogen) atoms. The zero-order chi connectivity index (χ0) is 19.8. The van der Waals surface area contributed by atoms with E-state index in [1.807, 2.05) is 43.3 Å². The van der Waals surface area contributed by atoms with Gasteiger partial charge in [-0.1, -0.05) is 18.2 Å². The van der Waals surface area contributed by atoms with E-state index in [9.17, 15) is 14.0 Å². The molecule has 0 aliphatic rings. The third-order valence-electron chi connectivity index (χ3n) is 3.81. The Morgan fingerprint density at radius 1 is 1.00 bits per heavy atom. The zero-order valence-electron chi connectivity index (χ0n) is 15.6. The van der Waals surface area contributed by atoms with Gasteiger partial charge in [0.2, 0.25) is 0 Å². The summed E-state index contributed by atoms with van der Waals surface area (Å²) in [5.74, 6) is -1.27. The van der Waals surface area contributed by atoms with E-state index in [4.69, 9.17) is 9.47 Å². The number of likely N-dealkylation sites (N-methyl/N-ethyl adjacent to an activating group) is 1. The molecule has 6 nitrogen and oxygen atoms in total. The first-order valence-electron chi connectivity index (χ1n) is 8.39. The fourth-order valence-corrected chi connectivity index (χ4v) is 2.25. The van der Waals surface area contributed by atoms with Gasteiger partial charge in [0, 0.05) is 39.4 Å². The standard InChI is InChI=1S/C20H23FN2O4/c1-22(2)17-9-7-15(8-10-17)12-23(3)19(24)13-27-20(25)14-26-18-6-4-5-16(21)11-18/h4-11H,12-14H2,1-3H3. The van der Waals surface area contributed by atoms with E-state index < -0.39 is 18.4 Å². The van der Waals surface area contributed by atoms with Crippen LogP contribution in [0.5, 0.6) is 5.75 Å². The van der Waals surface area contributed by atoms with Crippen molar-refractivity contribution >= 4 is 17.6 Å². The Hall–Kier alpha value is -3.09. The Balaban J connectivity index is 1.74. The number of carbonyl (C=O) groups is 2. The number of nitrogens with zero attached hydrogens (tertiary/aromatic N) is 2. The number of halogens is 1. The van der Waals surface area contributed by atoms with Crippen molar-refractivity contribution < 1.29 is 23.5 Å². The van der Waals surface area contributed by atoms with Gasteiger partial charge in [-0.2, -0.15) is 0 Å². The maximum Gasteiger partial charge on any atom is 0.344 e. The Kier molecular flexibility index (Phi) is 7.16. The van der Waals surface area contributed by atoms with E-state index in [1.165, 1.54) is 23.1 Å². The minimum atomic E-state index is -0.698. The summed E-state index contributed by atoms with van der Waals surface area (Å²) in [6.45, 7) is -0.367. The van der Waals surface area contributed by atoms with E-state index >= 15 is 0 Å². The monoisotopic (exact) mass is 374 g/mol. The van der Waals surface area contributed by atoms with Crippen LogP contribution in [0.4, 0.5) is 10.1 Å². The summed E-state index contributed by atoms with van der Waals surface area (Å²) in [7, 11) is 5.55. The molecule has 0 bridgehead atoms. The third-order valence-corrected chi connectivity index (χ3v) is 3.81. The molecular weight excluding hydrogens is 351 g/mol. The van der Waals surface area contributed by atoms with E-state index in [0.29, 0.717) is 6.54 Å². The van der Waals surface area contributed by atoms with Crippen LogP contribution in [0.3, 0.4) is 0 Å². The minimum Gasteiger partial charge on any atom is -0.482 e. The molecule has 0 saturated heterocycles. The van der Waals surface area contributed by atoms with E-state index in [-0.39, 0.29) is 18.3 Å². The number of carbonyl (C=O) groups excluding carboxylic acids is 2. The molecule has 2 rings (SSSR count). The van der Waals surface area contributed by atoms with Crippen LogP contribution in [0, 0.1) is 5.82 Å². The number of benzene rings is 2. The number of esters is 1. The number of hydrogen-bond acceptors (Lipinski definition) is 5. The maximum absolute atomic E-state index is 13.0. The van der Waals surface area contributed by atoms with Crippen molar-refractivity contribution in [3.63, 3.8) is 0 Å². The zero-order valence-corrected chi connectivity index (χ0v) is 15.6. The van der Waals surface area contributed by atoms with Crippen molar-refractivity contribution in [1.29, 1.82) is 0 Å². The van der Waals surface area contributed by atoms with Crippen LogP contribution in [0.1, 0.15) is 5.56 Å². The largest absolute Gasteiger partial charge is 0.482 e. The molecule has 2 aromatic rings. The fourth-order valence-electron chi connectivity index (χ4n) is 2.25. The molecule has 1 amide bonds. The van der Waals surface area contributed by atoms with E-state index in [2.05, 4.69) is 0 Å². The number of ether oxygens (including phenoxy) is 2. The van der Waals surface area contributed by atoms with Gasteiger partial charge in [0.25, 0.3) is 5.91 Å². The molecule has 0 spiro atoms. The smallest absolute Gasteiger partial charge is 0.344 e. The highest BCUT2D eigenvalue weighted by Crippen LogP contribution is 2.14. The number of rotatable bonds is 8. The number of amides is 1. The van der Waals surface area contributed by atoms with Gasteiger partial charge in [-0.3, -0.25) is 4.79 Å². The molecule has 0 heterocycles. The van der Waals surface area contributed by atoms with Crippen molar-refractivity contribution in [2.75, 3.05) is 39.3 Å². The van der Waals surface area contributed by atoms with Crippen LogP contribution in [-0.4, -0.2) is 51.1 Å². The minimum absolute atomic E-state index is 0.219. The molecule has 144 valence electrons. The van der Waals surface area contributed by atoms with Gasteiger partial charge < -0.3 is 19.3 Å². The Morgan fingerprint density at radius 2 is 1.70 bits per heavy atom. The summed E-state index contributed by atoms with van der Waals surface area (Å²) >= 11 is 0. The van der Waals surface area contributed by atoms with Crippen LogP contribution in [0.25, 0.3) is 0 Å². The van der Waals surface area contributed by atoms with Crippen LogP contribution >= 0.6 is 0 Å². The number of anilines is 1. The van der Waals surface area contributed by atoms with Crippen molar-refractivity contribution in [3.05, 3.63) is 59.9 Å². The predicted molar refractivity (Wildman–Crippen MR) is 100 cm³/mol. The fraction of sp³-hybridized carbons (Fsp3) is 0.300. The molecule has 0 radical (unpaired) electrons. The molecule has 7 heteroatoms. The second-order valence-corrected chi connectivity index (χ2v) is 6.22. The van der Waals surface area contributed by atoms with Gasteiger partial charge in [0.1, 0.15) is 11.6 Å². The molecular formula is C20H23FN2O4. The highest BCUT2D eigenvalue weighted by molar-refractivity contribution is 5.80. The first kappa shape index (κ1) is 20.2. The highest BCUT2D eigenvalue weighted by Gasteiger charge is 2.13. The molecule has 0 aromatic heterocycles. The molecule has 0 N–H and O–H groups in total. The lowest BCUT2D eigenvalue weighted by molar-refractivity contribution is -0.153. The van der Waals surface area contributed by atoms with Gasteiger partial charge in [-0.05, 0) is 29.8 Å². The third kappa shape index (κ3) is 6.62. The van der Waals surface area contributed by atoms with Crippen LogP contribution in [0.2, 0.25) is 0 Å². The summed E-state index contributed by atoms with van der Waals surface area (Å²) in [5.41, 5.74) is 2.04. The second kappa shape index (κ2) is 9.56. The van der Waals surface area contributed by atoms with Gasteiger partial charge in [0.15, 0.2) is 13.2 Å². The first-order chi connectivity index (χ1) is 12.8. The van der Waals surface area contributed by atoms with E-state index in [0.717, 1.165) is 17.3 Å². The van der Waals surface area contributed by atoms with Crippen molar-refractivity contribution in [2.45, 2.75) is 6.54 Å². The average Bonchev–Trinajstić information content (AvgIpc) is 2.64. The van der Waals surface area contributed by atoms with Gasteiger partial charge >= 0.3 is 5.97 Å². The molecule has 0 unspecified atom stereocenters.